The quantitative estimate of drug-likeness (QED) is 0.318. The maximum atomic E-state index is 12.0. The molecule has 0 aliphatic carbocycles. The summed E-state index contributed by atoms with van der Waals surface area (Å²) >= 11 is 3.44. The Kier molecular flexibility index (Phi) is 7.25. The monoisotopic (exact) mass is 508 g/mol. The molecule has 1 aromatic heterocycles. The molecule has 0 unspecified atom stereocenters. The van der Waals surface area contributed by atoms with E-state index in [9.17, 15) is 10.1 Å². The molecule has 0 fully saturated rings. The van der Waals surface area contributed by atoms with Gasteiger partial charge in [-0.15, -0.1) is 0 Å². The number of benzene rings is 2. The maximum Gasteiger partial charge on any atom is 0.356 e. The lowest BCUT2D eigenvalue weighted by molar-refractivity contribution is -0.386. The first kappa shape index (κ1) is 23.7. The fourth-order valence-electron chi connectivity index (χ4n) is 3.00. The zero-order valence-corrected chi connectivity index (χ0v) is 20.0. The first-order valence-corrected chi connectivity index (χ1v) is 10.6. The molecule has 0 radical (unpaired) electrons. The van der Waals surface area contributed by atoms with Crippen LogP contribution in [0.5, 0.6) is 11.6 Å². The van der Waals surface area contributed by atoms with Crippen molar-refractivity contribution in [3.8, 4) is 17.7 Å². The molecule has 0 atom stereocenters. The van der Waals surface area contributed by atoms with E-state index < -0.39 is 4.92 Å². The lowest BCUT2D eigenvalue weighted by Gasteiger charge is -2.14. The van der Waals surface area contributed by atoms with Crippen LogP contribution in [0.2, 0.25) is 0 Å². The molecular weight excluding hydrogens is 488 g/mol. The van der Waals surface area contributed by atoms with Crippen LogP contribution in [0, 0.1) is 35.3 Å². The predicted molar refractivity (Wildman–Crippen MR) is 130 cm³/mol. The van der Waals surface area contributed by atoms with Gasteiger partial charge in [-0.3, -0.25) is 10.1 Å². The summed E-state index contributed by atoms with van der Waals surface area (Å²) in [6.45, 7) is 3.70. The number of rotatable bonds is 7. The molecule has 33 heavy (non-hydrogen) atoms. The molecule has 0 spiro atoms. The van der Waals surface area contributed by atoms with Gasteiger partial charge in [0.05, 0.1) is 16.6 Å². The lowest BCUT2D eigenvalue weighted by atomic mass is 10.1. The van der Waals surface area contributed by atoms with Crippen molar-refractivity contribution in [2.75, 3.05) is 19.4 Å². The van der Waals surface area contributed by atoms with Gasteiger partial charge in [0.1, 0.15) is 5.75 Å². The number of aryl methyl sites for hydroxylation is 2. The van der Waals surface area contributed by atoms with Crippen LogP contribution in [0.25, 0.3) is 6.08 Å². The summed E-state index contributed by atoms with van der Waals surface area (Å²) in [6, 6.07) is 12.5. The average Bonchev–Trinajstić information content (AvgIpc) is 2.74. The van der Waals surface area contributed by atoms with E-state index in [0.29, 0.717) is 17.0 Å². The number of hydrogen-bond acceptors (Lipinski definition) is 8. The highest BCUT2D eigenvalue weighted by molar-refractivity contribution is 9.10. The molecule has 3 aromatic rings. The third-order valence-electron chi connectivity index (χ3n) is 4.49. The Morgan fingerprint density at radius 3 is 2.36 bits per heavy atom. The number of halogens is 1. The highest BCUT2D eigenvalue weighted by Gasteiger charge is 2.27. The van der Waals surface area contributed by atoms with Gasteiger partial charge < -0.3 is 15.0 Å². The second-order valence-electron chi connectivity index (χ2n) is 7.41. The molecule has 3 rings (SSSR count). The molecule has 0 amide bonds. The molecule has 2 aromatic carbocycles. The topological polar surface area (TPSA) is 117 Å². The number of nitriles is 1. The standard InChI is InChI=1S/C23H21BrN6O3/c1-14-11-17(24)12-15(2)21(14)33-22-20(30(31)32)19(9-10-29(3)4)27-23(28-22)26-18-7-5-16(13-25)6-8-18/h5-12H,1-4H3,(H,26,27,28). The average molecular weight is 509 g/mol. The Labute approximate surface area is 199 Å². The van der Waals surface area contributed by atoms with Crippen LogP contribution in [0.3, 0.4) is 0 Å². The van der Waals surface area contributed by atoms with E-state index in [4.69, 9.17) is 10.00 Å². The summed E-state index contributed by atoms with van der Waals surface area (Å²) in [5, 5.41) is 24.0. The van der Waals surface area contributed by atoms with Gasteiger partial charge in [0.25, 0.3) is 0 Å². The normalized spacial score (nSPS) is 10.7. The number of anilines is 2. The first-order chi connectivity index (χ1) is 15.7. The number of nitrogens with zero attached hydrogens (tertiary/aromatic N) is 5. The van der Waals surface area contributed by atoms with Crippen LogP contribution in [-0.4, -0.2) is 33.9 Å². The number of hydrogen-bond donors (Lipinski definition) is 1. The Bertz CT molecular complexity index is 1240. The fraction of sp³-hybridized carbons (Fsp3) is 0.174. The van der Waals surface area contributed by atoms with Gasteiger partial charge in [-0.1, -0.05) is 15.9 Å². The molecular formula is C23H21BrN6O3. The SMILES string of the molecule is Cc1cc(Br)cc(C)c1Oc1nc(Nc2ccc(C#N)cc2)nc(C=CN(C)C)c1[N+](=O)[O-]. The Hall–Kier alpha value is -3.97. The summed E-state index contributed by atoms with van der Waals surface area (Å²) in [4.78, 5) is 21.8. The van der Waals surface area contributed by atoms with Crippen molar-refractivity contribution in [1.82, 2.24) is 14.9 Å². The van der Waals surface area contributed by atoms with Crippen LogP contribution in [0.15, 0.2) is 47.1 Å². The van der Waals surface area contributed by atoms with Crippen LogP contribution in [0.1, 0.15) is 22.4 Å². The number of ether oxygens (including phenoxy) is 1. The second-order valence-corrected chi connectivity index (χ2v) is 8.32. The Morgan fingerprint density at radius 1 is 1.18 bits per heavy atom. The molecule has 1 heterocycles. The molecule has 0 aliphatic rings. The summed E-state index contributed by atoms with van der Waals surface area (Å²) < 4.78 is 6.88. The van der Waals surface area contributed by atoms with Gasteiger partial charge in [-0.2, -0.15) is 10.2 Å². The number of nitro groups is 1. The molecule has 1 N–H and O–H groups in total. The van der Waals surface area contributed by atoms with Gasteiger partial charge in [-0.25, -0.2) is 4.98 Å². The van der Waals surface area contributed by atoms with E-state index in [0.717, 1.165) is 15.6 Å². The summed E-state index contributed by atoms with van der Waals surface area (Å²) in [5.74, 6) is 0.413. The summed E-state index contributed by atoms with van der Waals surface area (Å²) in [5.41, 5.74) is 2.45. The largest absolute Gasteiger partial charge is 0.433 e. The van der Waals surface area contributed by atoms with E-state index in [1.54, 1.807) is 49.5 Å². The Morgan fingerprint density at radius 2 is 1.82 bits per heavy atom. The zero-order chi connectivity index (χ0) is 24.1. The van der Waals surface area contributed by atoms with Crippen molar-refractivity contribution in [2.45, 2.75) is 13.8 Å². The number of nitrogens with one attached hydrogen (secondary N) is 1. The lowest BCUT2D eigenvalue weighted by Crippen LogP contribution is -2.07. The zero-order valence-electron chi connectivity index (χ0n) is 18.5. The van der Waals surface area contributed by atoms with Gasteiger partial charge in [-0.05, 0) is 67.4 Å². The van der Waals surface area contributed by atoms with Gasteiger partial charge in [0.15, 0.2) is 5.69 Å². The van der Waals surface area contributed by atoms with Crippen molar-refractivity contribution in [3.63, 3.8) is 0 Å². The van der Waals surface area contributed by atoms with Crippen molar-refractivity contribution < 1.29 is 9.66 Å². The molecule has 0 saturated carbocycles. The molecule has 0 aliphatic heterocycles. The third-order valence-corrected chi connectivity index (χ3v) is 4.94. The Balaban J connectivity index is 2.14. The van der Waals surface area contributed by atoms with Crippen molar-refractivity contribution in [1.29, 1.82) is 5.26 Å². The van der Waals surface area contributed by atoms with Crippen LogP contribution in [-0.2, 0) is 0 Å². The molecule has 0 saturated heterocycles. The molecule has 168 valence electrons. The molecule has 10 heteroatoms. The van der Waals surface area contributed by atoms with Crippen molar-refractivity contribution in [2.24, 2.45) is 0 Å². The highest BCUT2D eigenvalue weighted by Crippen LogP contribution is 2.37. The van der Waals surface area contributed by atoms with E-state index in [-0.39, 0.29) is 23.2 Å². The minimum atomic E-state index is -0.556. The minimum Gasteiger partial charge on any atom is -0.433 e. The van der Waals surface area contributed by atoms with Gasteiger partial charge in [0, 0.05) is 30.5 Å². The van der Waals surface area contributed by atoms with E-state index in [1.807, 2.05) is 26.0 Å². The molecule has 9 nitrogen and oxygen atoms in total. The molecule has 0 bridgehead atoms. The second kappa shape index (κ2) is 10.1. The van der Waals surface area contributed by atoms with Crippen LogP contribution < -0.4 is 10.1 Å². The first-order valence-electron chi connectivity index (χ1n) is 9.80. The highest BCUT2D eigenvalue weighted by atomic mass is 79.9. The smallest absolute Gasteiger partial charge is 0.356 e. The van der Waals surface area contributed by atoms with E-state index >= 15 is 0 Å². The van der Waals surface area contributed by atoms with Gasteiger partial charge in [0.2, 0.25) is 5.95 Å². The van der Waals surface area contributed by atoms with E-state index in [1.165, 1.54) is 6.08 Å². The fourth-order valence-corrected chi connectivity index (χ4v) is 3.68. The summed E-state index contributed by atoms with van der Waals surface area (Å²) in [7, 11) is 3.59. The predicted octanol–water partition coefficient (Wildman–Crippen LogP) is 5.70. The van der Waals surface area contributed by atoms with Crippen LogP contribution >= 0.6 is 15.9 Å². The van der Waals surface area contributed by atoms with Crippen LogP contribution in [0.4, 0.5) is 17.3 Å². The third kappa shape index (κ3) is 5.84. The van der Waals surface area contributed by atoms with Crippen molar-refractivity contribution in [3.05, 3.63) is 79.6 Å². The van der Waals surface area contributed by atoms with Crippen molar-refractivity contribution >= 4 is 39.3 Å². The maximum absolute atomic E-state index is 12.0. The minimum absolute atomic E-state index is 0.0854. The number of aromatic nitrogens is 2. The van der Waals surface area contributed by atoms with E-state index in [2.05, 4.69) is 37.3 Å². The van der Waals surface area contributed by atoms with Gasteiger partial charge >= 0.3 is 11.6 Å². The summed E-state index contributed by atoms with van der Waals surface area (Å²) in [6.07, 6.45) is 3.18.